The molecule has 2 heterocycles. The summed E-state index contributed by atoms with van der Waals surface area (Å²) in [6, 6.07) is 4.10. The van der Waals surface area contributed by atoms with Crippen LogP contribution in [-0.4, -0.2) is 180 Å². The number of benzene rings is 1. The van der Waals surface area contributed by atoms with Crippen molar-refractivity contribution in [2.24, 2.45) is 5.92 Å². The molecule has 2 aliphatic heterocycles. The van der Waals surface area contributed by atoms with Crippen LogP contribution in [0.25, 0.3) is 0 Å². The molecule has 0 radical (unpaired) electrons. The van der Waals surface area contributed by atoms with Gasteiger partial charge in [0, 0.05) is 38.9 Å². The number of aliphatic hydroxyl groups is 1. The first kappa shape index (κ1) is 70.5. The Morgan fingerprint density at radius 3 is 1.64 bits per heavy atom. The number of rotatable bonds is 17. The Balaban J connectivity index is 1.64. The van der Waals surface area contributed by atoms with E-state index in [4.69, 9.17) is 56.8 Å². The molecular weight excluding hydrogens is 1130 g/mol. The summed E-state index contributed by atoms with van der Waals surface area (Å²) in [5.41, 5.74) is -4.00. The van der Waals surface area contributed by atoms with Crippen molar-refractivity contribution in [1.29, 1.82) is 0 Å². The Morgan fingerprint density at radius 2 is 1.09 bits per heavy atom. The van der Waals surface area contributed by atoms with Crippen LogP contribution in [0.15, 0.2) is 30.3 Å². The maximum Gasteiger partial charge on any atom is 0.408 e. The zero-order valence-corrected chi connectivity index (χ0v) is 52.8. The molecule has 1 aromatic carbocycles. The molecular formula is C59H94N6O21. The quantitative estimate of drug-likeness (QED) is 0.0695. The van der Waals surface area contributed by atoms with Gasteiger partial charge in [-0.2, -0.15) is 0 Å². The molecule has 7 N–H and O–H groups in total. The van der Waals surface area contributed by atoms with Crippen molar-refractivity contribution in [1.82, 2.24) is 31.9 Å². The average Bonchev–Trinajstić information content (AvgIpc) is 0.820. The minimum Gasteiger partial charge on any atom is -0.455 e. The van der Waals surface area contributed by atoms with Gasteiger partial charge < -0.3 is 93.8 Å². The van der Waals surface area contributed by atoms with E-state index in [0.717, 1.165) is 13.8 Å². The molecule has 27 heteroatoms. The van der Waals surface area contributed by atoms with E-state index in [-0.39, 0.29) is 51.3 Å². The van der Waals surface area contributed by atoms with Crippen LogP contribution in [0.5, 0.6) is 0 Å². The van der Waals surface area contributed by atoms with Gasteiger partial charge in [0.25, 0.3) is 5.91 Å². The van der Waals surface area contributed by atoms with E-state index in [9.17, 15) is 43.5 Å². The van der Waals surface area contributed by atoms with Crippen LogP contribution in [0, 0.1) is 5.92 Å². The standard InChI is InChI=1S/C59H94N6O21/c1-31(66)76-38(25-26-60-50(70)82-55(3,4)5)47(69)62-36-28-37(64-53(73)85-58(12,13)14)43(78-39-27-33(29-61-51(71)83-56(6,7)8)23-24-35(39)63-52(72)84-57(9,10)11)42(68)44(36)80-49-46(77-32(2)67)41(65-54(74)86-59(15,16)17)45-40(79-49)30-75-48(81-45)34-21-19-18-20-22-34/h18-22,33,35-46,48-49,68H,23-30H2,1-17H3,(H,60,70)(H,61,71)(H,62,69)(H,63,72)(H,64,73)(H,65,74)/t33?,35?,36-,37+,38+,39+,40?,41+,42?,43?,44+,45-,46?,48?,49-/m1/s1. The molecule has 15 atom stereocenters. The molecule has 486 valence electrons. The molecule has 4 aliphatic rings. The minimum atomic E-state index is -1.93. The van der Waals surface area contributed by atoms with Crippen molar-refractivity contribution in [2.75, 3.05) is 19.7 Å². The molecule has 2 saturated carbocycles. The summed E-state index contributed by atoms with van der Waals surface area (Å²) in [7, 11) is 0. The number of amides is 6. The fourth-order valence-corrected chi connectivity index (χ4v) is 10.1. The molecule has 27 nitrogen and oxygen atoms in total. The monoisotopic (exact) mass is 1220 g/mol. The van der Waals surface area contributed by atoms with Crippen LogP contribution in [0.3, 0.4) is 0 Å². The Labute approximate surface area is 503 Å². The second kappa shape index (κ2) is 29.6. The van der Waals surface area contributed by atoms with E-state index >= 15 is 0 Å². The van der Waals surface area contributed by atoms with Crippen molar-refractivity contribution in [2.45, 2.75) is 263 Å². The van der Waals surface area contributed by atoms with Gasteiger partial charge in [0.2, 0.25) is 0 Å². The number of hydrogen-bond donors (Lipinski definition) is 7. The Morgan fingerprint density at radius 1 is 0.581 bits per heavy atom. The molecule has 2 saturated heterocycles. The van der Waals surface area contributed by atoms with Gasteiger partial charge in [-0.1, -0.05) is 30.3 Å². The van der Waals surface area contributed by atoms with Gasteiger partial charge in [0.05, 0.1) is 30.8 Å². The van der Waals surface area contributed by atoms with Crippen LogP contribution in [0.1, 0.15) is 162 Å². The van der Waals surface area contributed by atoms with Gasteiger partial charge in [0.1, 0.15) is 64.6 Å². The number of carbonyl (C=O) groups excluding carboxylic acids is 8. The second-order valence-corrected chi connectivity index (χ2v) is 26.9. The van der Waals surface area contributed by atoms with Crippen LogP contribution in [0.4, 0.5) is 24.0 Å². The van der Waals surface area contributed by atoms with Crippen molar-refractivity contribution in [3.63, 3.8) is 0 Å². The topological polar surface area (TPSA) is 340 Å². The molecule has 5 rings (SSSR count). The van der Waals surface area contributed by atoms with Gasteiger partial charge >= 0.3 is 42.4 Å². The first-order chi connectivity index (χ1) is 39.7. The highest BCUT2D eigenvalue weighted by Crippen LogP contribution is 2.39. The molecule has 1 aromatic rings. The average molecular weight is 1220 g/mol. The van der Waals surface area contributed by atoms with E-state index in [0.29, 0.717) is 12.0 Å². The number of hydrogen-bond acceptors (Lipinski definition) is 21. The van der Waals surface area contributed by atoms with Crippen molar-refractivity contribution >= 4 is 48.3 Å². The number of esters is 2. The molecule has 7 unspecified atom stereocenters. The van der Waals surface area contributed by atoms with Gasteiger partial charge in [-0.15, -0.1) is 0 Å². The summed E-state index contributed by atoms with van der Waals surface area (Å²) in [5, 5.41) is 29.9. The SMILES string of the molecule is CC(=O)OC1[C@@H](O[C@@H]2C(O)C(O[C@H]3CC(CNC(=O)OC(C)(C)C)CCC3NC(=O)OC(C)(C)C)[C@@H](NC(=O)OC(C)(C)C)C[C@H]2NC(=O)[C@H](CCNC(=O)OC(C)(C)C)OC(C)=O)OC2COC(c3ccccc3)O[C@H]2[C@@H]1NC(=O)OC(C)(C)C. The predicted molar refractivity (Wildman–Crippen MR) is 306 cm³/mol. The van der Waals surface area contributed by atoms with E-state index < -0.39 is 162 Å². The maximum absolute atomic E-state index is 14.7. The number of carbonyl (C=O) groups is 8. The lowest BCUT2D eigenvalue weighted by molar-refractivity contribution is -0.357. The van der Waals surface area contributed by atoms with Crippen molar-refractivity contribution in [3.05, 3.63) is 35.9 Å². The fraction of sp³-hybridized carbons (Fsp3) is 0.763. The third-order valence-electron chi connectivity index (χ3n) is 13.2. The first-order valence-corrected chi connectivity index (χ1v) is 29.2. The summed E-state index contributed by atoms with van der Waals surface area (Å²) >= 11 is 0. The van der Waals surface area contributed by atoms with Crippen LogP contribution < -0.4 is 31.9 Å². The summed E-state index contributed by atoms with van der Waals surface area (Å²) < 4.78 is 72.6. The van der Waals surface area contributed by atoms with Crippen molar-refractivity contribution in [3.8, 4) is 0 Å². The van der Waals surface area contributed by atoms with E-state index in [1.54, 1.807) is 128 Å². The Bertz CT molecular complexity index is 2470. The zero-order chi connectivity index (χ0) is 64.3. The smallest absolute Gasteiger partial charge is 0.408 e. The van der Waals surface area contributed by atoms with Gasteiger partial charge in [0.15, 0.2) is 24.8 Å². The summed E-state index contributed by atoms with van der Waals surface area (Å²) in [6.45, 7) is 27.1. The van der Waals surface area contributed by atoms with E-state index in [1.165, 1.54) is 0 Å². The minimum absolute atomic E-state index is 0.119. The number of alkyl carbamates (subject to hydrolysis) is 5. The summed E-state index contributed by atoms with van der Waals surface area (Å²) in [4.78, 5) is 108. The molecule has 4 fully saturated rings. The van der Waals surface area contributed by atoms with E-state index in [2.05, 4.69) is 31.9 Å². The number of ether oxygens (including phenoxy) is 12. The van der Waals surface area contributed by atoms with Crippen LogP contribution in [-0.2, 0) is 71.2 Å². The molecule has 86 heavy (non-hydrogen) atoms. The van der Waals surface area contributed by atoms with Crippen LogP contribution in [0.2, 0.25) is 0 Å². The van der Waals surface area contributed by atoms with Gasteiger partial charge in [-0.3, -0.25) is 14.4 Å². The third-order valence-corrected chi connectivity index (χ3v) is 13.2. The lowest BCUT2D eigenvalue weighted by Crippen LogP contribution is -2.71. The highest BCUT2D eigenvalue weighted by atomic mass is 16.8. The second-order valence-electron chi connectivity index (χ2n) is 26.9. The first-order valence-electron chi connectivity index (χ1n) is 29.2. The van der Waals surface area contributed by atoms with Crippen molar-refractivity contribution < 1.29 is 100 Å². The third kappa shape index (κ3) is 23.4. The molecule has 2 aliphatic carbocycles. The highest BCUT2D eigenvalue weighted by Gasteiger charge is 2.57. The Hall–Kier alpha value is -6.26. The highest BCUT2D eigenvalue weighted by molar-refractivity contribution is 5.84. The molecule has 0 aromatic heterocycles. The molecule has 0 bridgehead atoms. The number of nitrogens with one attached hydrogen (secondary N) is 6. The Kier molecular flexibility index (Phi) is 24.3. The van der Waals surface area contributed by atoms with E-state index in [1.807, 2.05) is 6.07 Å². The number of fused-ring (bicyclic) bond motifs is 1. The lowest BCUT2D eigenvalue weighted by Gasteiger charge is -2.51. The normalized spacial score (nSPS) is 28.3. The molecule has 0 spiro atoms. The fourth-order valence-electron chi connectivity index (χ4n) is 10.1. The molecule has 6 amide bonds. The zero-order valence-electron chi connectivity index (χ0n) is 52.8. The number of aliphatic hydroxyl groups excluding tert-OH is 1. The van der Waals surface area contributed by atoms with Gasteiger partial charge in [-0.05, 0) is 135 Å². The predicted octanol–water partition coefficient (Wildman–Crippen LogP) is 6.00. The van der Waals surface area contributed by atoms with Gasteiger partial charge in [-0.25, -0.2) is 24.0 Å². The maximum atomic E-state index is 14.7. The van der Waals surface area contributed by atoms with Crippen LogP contribution >= 0.6 is 0 Å². The lowest BCUT2D eigenvalue weighted by atomic mass is 9.81. The largest absolute Gasteiger partial charge is 0.455 e. The summed E-state index contributed by atoms with van der Waals surface area (Å²) in [5.74, 6) is -2.95. The summed E-state index contributed by atoms with van der Waals surface area (Å²) in [6.07, 6.45) is -18.2.